The molecular weight excluding hydrogens is 332 g/mol. The Balaban J connectivity index is 2.19. The number of aliphatic hydroxyl groups excluding tert-OH is 1. The summed E-state index contributed by atoms with van der Waals surface area (Å²) in [7, 11) is 0. The summed E-state index contributed by atoms with van der Waals surface area (Å²) in [6.45, 7) is 6.00. The molecular formula is C17H23ClN2O4. The molecule has 132 valence electrons. The summed E-state index contributed by atoms with van der Waals surface area (Å²) in [5.41, 5.74) is 0.723. The molecule has 0 saturated carbocycles. The highest BCUT2D eigenvalue weighted by molar-refractivity contribution is 6.31. The summed E-state index contributed by atoms with van der Waals surface area (Å²) >= 11 is 5.98. The van der Waals surface area contributed by atoms with E-state index in [1.165, 1.54) is 4.90 Å². The van der Waals surface area contributed by atoms with Gasteiger partial charge in [-0.15, -0.1) is 0 Å². The maximum Gasteiger partial charge on any atom is 0.256 e. The van der Waals surface area contributed by atoms with Crippen molar-refractivity contribution in [3.8, 4) is 0 Å². The molecule has 24 heavy (non-hydrogen) atoms. The van der Waals surface area contributed by atoms with Gasteiger partial charge in [0.2, 0.25) is 5.91 Å². The zero-order valence-electron chi connectivity index (χ0n) is 14.1. The first-order chi connectivity index (χ1) is 11.3. The third kappa shape index (κ3) is 4.47. The summed E-state index contributed by atoms with van der Waals surface area (Å²) in [5, 5.41) is 13.2. The molecule has 2 atom stereocenters. The van der Waals surface area contributed by atoms with Gasteiger partial charge in [0.1, 0.15) is 6.10 Å². The van der Waals surface area contributed by atoms with E-state index >= 15 is 0 Å². The Hall–Kier alpha value is -1.63. The van der Waals surface area contributed by atoms with Crippen LogP contribution in [-0.4, -0.2) is 53.2 Å². The number of ether oxygens (including phenoxy) is 1. The number of hydrogen-bond acceptors (Lipinski definition) is 4. The highest BCUT2D eigenvalue weighted by atomic mass is 35.5. The fourth-order valence-electron chi connectivity index (χ4n) is 2.62. The number of anilines is 1. The Kier molecular flexibility index (Phi) is 6.21. The Morgan fingerprint density at radius 2 is 2.12 bits per heavy atom. The summed E-state index contributed by atoms with van der Waals surface area (Å²) in [6, 6.07) is 4.74. The van der Waals surface area contributed by atoms with Gasteiger partial charge in [-0.1, -0.05) is 18.5 Å². The van der Waals surface area contributed by atoms with E-state index in [2.05, 4.69) is 5.32 Å². The van der Waals surface area contributed by atoms with Crippen molar-refractivity contribution in [1.29, 1.82) is 0 Å². The third-order valence-electron chi connectivity index (χ3n) is 3.78. The van der Waals surface area contributed by atoms with E-state index in [4.69, 9.17) is 16.3 Å². The number of amides is 2. The molecule has 0 radical (unpaired) electrons. The number of rotatable bonds is 5. The van der Waals surface area contributed by atoms with Crippen LogP contribution in [-0.2, 0) is 9.53 Å². The van der Waals surface area contributed by atoms with Crippen LogP contribution in [0.1, 0.15) is 37.6 Å². The fourth-order valence-corrected chi connectivity index (χ4v) is 2.79. The van der Waals surface area contributed by atoms with Crippen LogP contribution in [0.5, 0.6) is 0 Å². The third-order valence-corrected chi connectivity index (χ3v) is 4.01. The second kappa shape index (κ2) is 7.96. The van der Waals surface area contributed by atoms with Crippen molar-refractivity contribution in [2.24, 2.45) is 0 Å². The van der Waals surface area contributed by atoms with Crippen molar-refractivity contribution >= 4 is 29.1 Å². The Morgan fingerprint density at radius 3 is 2.75 bits per heavy atom. The fraction of sp³-hybridized carbons (Fsp3) is 0.529. The standard InChI is InChI=1S/C17H23ClN2O4/c1-4-16(22)19-13-7-11(18)5-6-12(13)17(23)20-8-14(21)15(9-20)24-10(2)3/h5-7,10,14-15,21H,4,8-9H2,1-3H3,(H,19,22)/t14-,15-/m1/s1. The highest BCUT2D eigenvalue weighted by Gasteiger charge is 2.36. The predicted octanol–water partition coefficient (Wildman–Crippen LogP) is 2.30. The van der Waals surface area contributed by atoms with Crippen LogP contribution in [0.3, 0.4) is 0 Å². The number of nitrogens with zero attached hydrogens (tertiary/aromatic N) is 1. The Labute approximate surface area is 146 Å². The molecule has 1 aliphatic rings. The molecule has 6 nitrogen and oxygen atoms in total. The predicted molar refractivity (Wildman–Crippen MR) is 92.3 cm³/mol. The number of hydrogen-bond donors (Lipinski definition) is 2. The van der Waals surface area contributed by atoms with Gasteiger partial charge >= 0.3 is 0 Å². The van der Waals surface area contributed by atoms with Gasteiger partial charge in [0.05, 0.1) is 23.5 Å². The molecule has 7 heteroatoms. The van der Waals surface area contributed by atoms with Crippen molar-refractivity contribution in [1.82, 2.24) is 4.90 Å². The first-order valence-corrected chi connectivity index (χ1v) is 8.41. The normalized spacial score (nSPS) is 20.5. The minimum atomic E-state index is -0.725. The van der Waals surface area contributed by atoms with Gasteiger partial charge in [-0.05, 0) is 32.0 Å². The average molecular weight is 355 g/mol. The van der Waals surface area contributed by atoms with Gasteiger partial charge < -0.3 is 20.1 Å². The minimum Gasteiger partial charge on any atom is -0.388 e. The molecule has 0 aromatic heterocycles. The molecule has 1 aromatic carbocycles. The molecule has 1 aromatic rings. The van der Waals surface area contributed by atoms with Crippen molar-refractivity contribution in [2.45, 2.75) is 45.5 Å². The molecule has 0 bridgehead atoms. The van der Waals surface area contributed by atoms with Crippen LogP contribution in [0.4, 0.5) is 5.69 Å². The number of carbonyl (C=O) groups is 2. The Morgan fingerprint density at radius 1 is 1.42 bits per heavy atom. The first kappa shape index (κ1) is 18.7. The lowest BCUT2D eigenvalue weighted by Crippen LogP contribution is -2.31. The monoisotopic (exact) mass is 354 g/mol. The number of halogens is 1. The summed E-state index contributed by atoms with van der Waals surface area (Å²) in [6.07, 6.45) is -0.866. The molecule has 0 spiro atoms. The maximum absolute atomic E-state index is 12.8. The van der Waals surface area contributed by atoms with Crippen molar-refractivity contribution < 1.29 is 19.4 Å². The molecule has 2 amide bonds. The molecule has 1 aliphatic heterocycles. The van der Waals surface area contributed by atoms with Crippen LogP contribution >= 0.6 is 11.6 Å². The molecule has 2 N–H and O–H groups in total. The van der Waals surface area contributed by atoms with E-state index in [0.717, 1.165) is 0 Å². The zero-order chi connectivity index (χ0) is 17.9. The summed E-state index contributed by atoms with van der Waals surface area (Å²) in [4.78, 5) is 26.0. The minimum absolute atomic E-state index is 0.0327. The number of likely N-dealkylation sites (tertiary alicyclic amines) is 1. The maximum atomic E-state index is 12.8. The van der Waals surface area contributed by atoms with Crippen LogP contribution < -0.4 is 5.32 Å². The first-order valence-electron chi connectivity index (χ1n) is 8.04. The van der Waals surface area contributed by atoms with Crippen LogP contribution in [0.25, 0.3) is 0 Å². The lowest BCUT2D eigenvalue weighted by atomic mass is 10.1. The average Bonchev–Trinajstić information content (AvgIpc) is 2.87. The number of benzene rings is 1. The number of nitrogens with one attached hydrogen (secondary N) is 1. The molecule has 1 fully saturated rings. The number of aliphatic hydroxyl groups is 1. The van der Waals surface area contributed by atoms with Gasteiger partial charge in [-0.3, -0.25) is 9.59 Å². The van der Waals surface area contributed by atoms with E-state index in [9.17, 15) is 14.7 Å². The van der Waals surface area contributed by atoms with Crippen molar-refractivity contribution in [2.75, 3.05) is 18.4 Å². The number of β-amino-alcohol motifs (C(OH)–C–C–N with tert-alkyl or cyclic N) is 1. The van der Waals surface area contributed by atoms with Crippen molar-refractivity contribution in [3.63, 3.8) is 0 Å². The highest BCUT2D eigenvalue weighted by Crippen LogP contribution is 2.25. The van der Waals surface area contributed by atoms with E-state index in [0.29, 0.717) is 29.2 Å². The van der Waals surface area contributed by atoms with E-state index < -0.39 is 12.2 Å². The van der Waals surface area contributed by atoms with Crippen LogP contribution in [0.15, 0.2) is 18.2 Å². The van der Waals surface area contributed by atoms with Crippen LogP contribution in [0.2, 0.25) is 5.02 Å². The lowest BCUT2D eigenvalue weighted by Gasteiger charge is -2.19. The van der Waals surface area contributed by atoms with Gasteiger partial charge in [0.15, 0.2) is 0 Å². The molecule has 0 aliphatic carbocycles. The second-order valence-electron chi connectivity index (χ2n) is 6.09. The molecule has 0 unspecified atom stereocenters. The lowest BCUT2D eigenvalue weighted by molar-refractivity contribution is -0.115. The summed E-state index contributed by atoms with van der Waals surface area (Å²) in [5.74, 6) is -0.472. The van der Waals surface area contributed by atoms with Gasteiger partial charge in [0.25, 0.3) is 5.91 Å². The van der Waals surface area contributed by atoms with E-state index in [-0.39, 0.29) is 24.5 Å². The smallest absolute Gasteiger partial charge is 0.256 e. The quantitative estimate of drug-likeness (QED) is 0.850. The zero-order valence-corrected chi connectivity index (χ0v) is 14.8. The second-order valence-corrected chi connectivity index (χ2v) is 6.53. The van der Waals surface area contributed by atoms with Crippen LogP contribution in [0, 0.1) is 0 Å². The summed E-state index contributed by atoms with van der Waals surface area (Å²) < 4.78 is 5.64. The van der Waals surface area contributed by atoms with E-state index in [1.54, 1.807) is 25.1 Å². The Bertz CT molecular complexity index is 621. The van der Waals surface area contributed by atoms with E-state index in [1.807, 2.05) is 13.8 Å². The molecule has 1 heterocycles. The van der Waals surface area contributed by atoms with Gasteiger partial charge in [0, 0.05) is 24.5 Å². The molecule has 2 rings (SSSR count). The van der Waals surface area contributed by atoms with Crippen molar-refractivity contribution in [3.05, 3.63) is 28.8 Å². The number of carbonyl (C=O) groups excluding carboxylic acids is 2. The van der Waals surface area contributed by atoms with Gasteiger partial charge in [-0.2, -0.15) is 0 Å². The molecule has 1 saturated heterocycles. The SMILES string of the molecule is CCC(=O)Nc1cc(Cl)ccc1C(=O)N1C[C@@H](O)[C@H](OC(C)C)C1. The van der Waals surface area contributed by atoms with Gasteiger partial charge in [-0.25, -0.2) is 0 Å². The largest absolute Gasteiger partial charge is 0.388 e. The topological polar surface area (TPSA) is 78.9 Å².